The summed E-state index contributed by atoms with van der Waals surface area (Å²) in [6.07, 6.45) is 0. The normalized spacial score (nSPS) is 6.67. The molecule has 0 aromatic rings. The van der Waals surface area contributed by atoms with Crippen molar-refractivity contribution in [2.24, 2.45) is 11.5 Å². The van der Waals surface area contributed by atoms with Crippen molar-refractivity contribution in [3.05, 3.63) is 26.3 Å². The first-order valence-electron chi connectivity index (χ1n) is 4.11. The monoisotopic (exact) mass is 240 g/mol. The molecule has 0 saturated heterocycles. The number of rotatable bonds is 4. The Balaban J connectivity index is -0.0000000647. The predicted octanol–water partition coefficient (Wildman–Crippen LogP) is -0.274. The number of nitrogens with two attached hydrogens (primary N) is 2. The van der Waals surface area contributed by atoms with E-state index >= 15 is 0 Å². The van der Waals surface area contributed by atoms with Crippen LogP contribution in [-0.2, 0) is 4.57 Å². The molecule has 6 nitrogen and oxygen atoms in total. The molecule has 0 amide bonds. The van der Waals surface area contributed by atoms with Gasteiger partial charge in [-0.25, -0.2) is 0 Å². The second kappa shape index (κ2) is 37.7. The fourth-order valence-electron chi connectivity index (χ4n) is 0.329. The molecule has 0 fully saturated rings. The third kappa shape index (κ3) is 152. The van der Waals surface area contributed by atoms with Gasteiger partial charge in [-0.3, -0.25) is 0 Å². The Bertz CT molecular complexity index is 107. The molecule has 92 valence electrons. The van der Waals surface area contributed by atoms with Crippen molar-refractivity contribution in [3.8, 4) is 0 Å². The van der Waals surface area contributed by atoms with Crippen LogP contribution in [0.5, 0.6) is 0 Å². The first-order chi connectivity index (χ1) is 7.15. The molecule has 15 heavy (non-hydrogen) atoms. The van der Waals surface area contributed by atoms with Crippen molar-refractivity contribution in [1.82, 2.24) is 5.32 Å². The van der Waals surface area contributed by atoms with E-state index in [1.54, 1.807) is 0 Å². The summed E-state index contributed by atoms with van der Waals surface area (Å²) in [6.45, 7) is 15.1. The molecule has 0 bridgehead atoms. The van der Waals surface area contributed by atoms with Crippen LogP contribution in [0.4, 0.5) is 0 Å². The summed E-state index contributed by atoms with van der Waals surface area (Å²) in [5, 5.41) is 3.03. The van der Waals surface area contributed by atoms with Gasteiger partial charge < -0.3 is 16.8 Å². The Morgan fingerprint density at radius 1 is 1.00 bits per heavy atom. The Morgan fingerprint density at radius 3 is 1.33 bits per heavy atom. The van der Waals surface area contributed by atoms with E-state index in [4.69, 9.17) is 25.8 Å². The maximum Gasteiger partial charge on any atom is 0.692 e. The van der Waals surface area contributed by atoms with Crippen LogP contribution in [0.15, 0.2) is 26.3 Å². The maximum atomic E-state index is 8.70. The molecular weight excluding hydrogens is 217 g/mol. The summed E-state index contributed by atoms with van der Waals surface area (Å²) in [5.74, 6) is 0. The van der Waals surface area contributed by atoms with Crippen LogP contribution in [0.1, 0.15) is 0 Å². The molecule has 0 atom stereocenters. The van der Waals surface area contributed by atoms with E-state index in [1.165, 1.54) is 0 Å². The third-order valence-corrected chi connectivity index (χ3v) is 0.642. The second-order valence-corrected chi connectivity index (χ2v) is 2.09. The van der Waals surface area contributed by atoms with Gasteiger partial charge in [-0.2, -0.15) is 0 Å². The lowest BCUT2D eigenvalue weighted by Crippen LogP contribution is -2.27. The molecule has 7 N–H and O–H groups in total. The zero-order valence-electron chi connectivity index (χ0n) is 9.06. The molecule has 0 spiro atoms. The third-order valence-electron chi connectivity index (χ3n) is 0.642. The zero-order chi connectivity index (χ0) is 13.1. The fraction of sp³-hybridized carbons (Fsp3) is 0.500. The van der Waals surface area contributed by atoms with E-state index in [2.05, 4.69) is 31.6 Å². The molecule has 0 rings (SSSR count). The molecule has 0 aliphatic carbocycles. The van der Waals surface area contributed by atoms with Crippen LogP contribution >= 0.6 is 8.25 Å². The highest BCUT2D eigenvalue weighted by Crippen LogP contribution is 1.98. The quantitative estimate of drug-likeness (QED) is 0.262. The van der Waals surface area contributed by atoms with E-state index in [0.717, 1.165) is 13.1 Å². The summed E-state index contributed by atoms with van der Waals surface area (Å²) in [6, 6.07) is 0. The molecule has 0 radical (unpaired) electrons. The second-order valence-electron chi connectivity index (χ2n) is 1.58. The standard InChI is InChI=1S/C4H13N3.2C2H4.HO3P/c5-1-3-7-4-2-6;2*1-2;1-4(2)3/h7H,1-6H2;2*1-2H2;(H-,1,2,3)/p+1. The largest absolute Gasteiger partial charge is 0.692 e. The highest BCUT2D eigenvalue weighted by Gasteiger charge is 1.93. The minimum absolute atomic E-state index is 0.694. The summed E-state index contributed by atoms with van der Waals surface area (Å²) in [7, 11) is -2.87. The smallest absolute Gasteiger partial charge is 0.329 e. The number of hydrogen-bond acceptors (Lipinski definition) is 4. The highest BCUT2D eigenvalue weighted by atomic mass is 31.1. The van der Waals surface area contributed by atoms with Crippen molar-refractivity contribution in [2.75, 3.05) is 26.2 Å². The molecule has 0 unspecified atom stereocenters. The Kier molecular flexibility index (Phi) is 60.0. The van der Waals surface area contributed by atoms with Gasteiger partial charge in [0.05, 0.1) is 0 Å². The van der Waals surface area contributed by atoms with Crippen LogP contribution in [0.2, 0.25) is 0 Å². The average Bonchev–Trinajstić information content (AvgIpc) is 2.24. The minimum atomic E-state index is -2.87. The molecule has 0 aromatic heterocycles. The van der Waals surface area contributed by atoms with Gasteiger partial charge in [-0.15, -0.1) is 36.1 Å². The van der Waals surface area contributed by atoms with E-state index in [-0.39, 0.29) is 0 Å². The molecule has 0 aliphatic heterocycles. The van der Waals surface area contributed by atoms with Gasteiger partial charge in [0.25, 0.3) is 0 Å². The number of nitrogens with one attached hydrogen (secondary N) is 1. The first-order valence-corrected chi connectivity index (χ1v) is 5.27. The topological polar surface area (TPSA) is 122 Å². The lowest BCUT2D eigenvalue weighted by atomic mass is 10.6. The van der Waals surface area contributed by atoms with Gasteiger partial charge >= 0.3 is 8.25 Å². The van der Waals surface area contributed by atoms with Crippen LogP contribution in [-0.4, -0.2) is 36.0 Å². The highest BCUT2D eigenvalue weighted by molar-refractivity contribution is 7.30. The molecule has 0 saturated carbocycles. The van der Waals surface area contributed by atoms with Crippen molar-refractivity contribution in [2.45, 2.75) is 0 Å². The van der Waals surface area contributed by atoms with E-state index < -0.39 is 8.25 Å². The SMILES string of the molecule is C=C.C=C.NCCNCCN.O=[P+](O)O. The molecule has 0 heterocycles. The summed E-state index contributed by atoms with van der Waals surface area (Å²) >= 11 is 0. The van der Waals surface area contributed by atoms with E-state index in [1.807, 2.05) is 0 Å². The van der Waals surface area contributed by atoms with Gasteiger partial charge in [0.15, 0.2) is 0 Å². The van der Waals surface area contributed by atoms with E-state index in [9.17, 15) is 0 Å². The van der Waals surface area contributed by atoms with Crippen molar-refractivity contribution < 1.29 is 14.4 Å². The van der Waals surface area contributed by atoms with E-state index in [0.29, 0.717) is 13.1 Å². The zero-order valence-corrected chi connectivity index (χ0v) is 9.96. The lowest BCUT2D eigenvalue weighted by molar-refractivity contribution is 0.405. The van der Waals surface area contributed by atoms with Crippen LogP contribution in [0.3, 0.4) is 0 Å². The maximum absolute atomic E-state index is 8.70. The fourth-order valence-corrected chi connectivity index (χ4v) is 0.329. The summed E-state index contributed by atoms with van der Waals surface area (Å²) < 4.78 is 8.70. The van der Waals surface area contributed by atoms with Gasteiger partial charge in [0.1, 0.15) is 0 Å². The molecule has 0 aliphatic rings. The van der Waals surface area contributed by atoms with Crippen molar-refractivity contribution in [3.63, 3.8) is 0 Å². The van der Waals surface area contributed by atoms with Crippen molar-refractivity contribution in [1.29, 1.82) is 0 Å². The van der Waals surface area contributed by atoms with Crippen LogP contribution in [0.25, 0.3) is 0 Å². The van der Waals surface area contributed by atoms with Crippen LogP contribution < -0.4 is 16.8 Å². The van der Waals surface area contributed by atoms with Gasteiger partial charge in [-0.05, 0) is 0 Å². The average molecular weight is 240 g/mol. The Hall–Kier alpha value is -0.620. The molecule has 0 aromatic carbocycles. The van der Waals surface area contributed by atoms with Gasteiger partial charge in [0.2, 0.25) is 0 Å². The summed E-state index contributed by atoms with van der Waals surface area (Å²) in [5.41, 5.74) is 10.3. The Morgan fingerprint density at radius 2 is 1.20 bits per heavy atom. The lowest BCUT2D eigenvalue weighted by Gasteiger charge is -1.95. The van der Waals surface area contributed by atoms with Gasteiger partial charge in [-0.1, -0.05) is 0 Å². The minimum Gasteiger partial charge on any atom is -0.329 e. The molecular formula is C8H23N3O3P+. The summed E-state index contributed by atoms with van der Waals surface area (Å²) in [4.78, 5) is 14.2. The van der Waals surface area contributed by atoms with Crippen LogP contribution in [0, 0.1) is 0 Å². The predicted molar refractivity (Wildman–Crippen MR) is 65.5 cm³/mol. The first kappa shape index (κ1) is 23.9. The molecule has 7 heteroatoms. The Labute approximate surface area is 92.6 Å². The van der Waals surface area contributed by atoms with Crippen molar-refractivity contribution >= 4 is 8.25 Å². The van der Waals surface area contributed by atoms with Gasteiger partial charge in [0, 0.05) is 30.7 Å². The number of hydrogen-bond donors (Lipinski definition) is 5.